The summed E-state index contributed by atoms with van der Waals surface area (Å²) in [6, 6.07) is 5.35. The Morgan fingerprint density at radius 1 is 1.32 bits per heavy atom. The minimum absolute atomic E-state index is 0.249. The zero-order valence-corrected chi connectivity index (χ0v) is 11.3. The SMILES string of the molecule is COc1ccc(C(NN)c2nccn2C)c(OC)c1. The second kappa shape index (κ2) is 5.73. The molecule has 0 saturated heterocycles. The molecule has 0 saturated carbocycles. The van der Waals surface area contributed by atoms with Gasteiger partial charge in [-0.05, 0) is 12.1 Å². The van der Waals surface area contributed by atoms with Crippen LogP contribution in [0.5, 0.6) is 11.5 Å². The van der Waals surface area contributed by atoms with Gasteiger partial charge in [0.1, 0.15) is 23.4 Å². The van der Waals surface area contributed by atoms with Crippen molar-refractivity contribution in [3.05, 3.63) is 42.0 Å². The molecule has 0 fully saturated rings. The average molecular weight is 262 g/mol. The molecular weight excluding hydrogens is 244 g/mol. The number of aryl methyl sites for hydroxylation is 1. The number of benzene rings is 1. The second-order valence-electron chi connectivity index (χ2n) is 4.10. The van der Waals surface area contributed by atoms with Gasteiger partial charge in [-0.1, -0.05) is 0 Å². The molecule has 0 aliphatic rings. The van der Waals surface area contributed by atoms with Gasteiger partial charge >= 0.3 is 0 Å². The van der Waals surface area contributed by atoms with E-state index < -0.39 is 0 Å². The normalized spacial score (nSPS) is 12.2. The molecule has 1 atom stereocenters. The number of aromatic nitrogens is 2. The first-order chi connectivity index (χ1) is 9.21. The third-order valence-electron chi connectivity index (χ3n) is 3.03. The minimum atomic E-state index is -0.249. The van der Waals surface area contributed by atoms with Crippen LogP contribution < -0.4 is 20.7 Å². The van der Waals surface area contributed by atoms with Crippen LogP contribution in [0.4, 0.5) is 0 Å². The predicted octanol–water partition coefficient (Wildman–Crippen LogP) is 0.990. The van der Waals surface area contributed by atoms with Crippen molar-refractivity contribution in [2.45, 2.75) is 6.04 Å². The third-order valence-corrected chi connectivity index (χ3v) is 3.03. The summed E-state index contributed by atoms with van der Waals surface area (Å²) in [5, 5.41) is 0. The molecule has 1 aromatic carbocycles. The first-order valence-corrected chi connectivity index (χ1v) is 5.86. The lowest BCUT2D eigenvalue weighted by Crippen LogP contribution is -2.31. The summed E-state index contributed by atoms with van der Waals surface area (Å²) >= 11 is 0. The molecule has 6 heteroatoms. The molecule has 0 aliphatic carbocycles. The lowest BCUT2D eigenvalue weighted by Gasteiger charge is -2.19. The Balaban J connectivity index is 2.46. The number of nitrogens with two attached hydrogens (primary N) is 1. The van der Waals surface area contributed by atoms with Crippen LogP contribution in [-0.4, -0.2) is 23.8 Å². The van der Waals surface area contributed by atoms with Gasteiger partial charge in [-0.25, -0.2) is 10.4 Å². The first-order valence-electron chi connectivity index (χ1n) is 5.86. The molecule has 1 aromatic heterocycles. The summed E-state index contributed by atoms with van der Waals surface area (Å²) in [5.41, 5.74) is 3.67. The largest absolute Gasteiger partial charge is 0.497 e. The van der Waals surface area contributed by atoms with E-state index >= 15 is 0 Å². The molecule has 0 spiro atoms. The number of imidazole rings is 1. The lowest BCUT2D eigenvalue weighted by molar-refractivity contribution is 0.386. The molecular formula is C13H18N4O2. The van der Waals surface area contributed by atoms with Gasteiger partial charge in [-0.15, -0.1) is 0 Å². The van der Waals surface area contributed by atoms with Gasteiger partial charge in [0.25, 0.3) is 0 Å². The number of ether oxygens (including phenoxy) is 2. The van der Waals surface area contributed by atoms with Crippen molar-refractivity contribution in [3.8, 4) is 11.5 Å². The number of rotatable bonds is 5. The van der Waals surface area contributed by atoms with Crippen LogP contribution in [0.3, 0.4) is 0 Å². The van der Waals surface area contributed by atoms with Gasteiger partial charge in [0.15, 0.2) is 0 Å². The Hall–Kier alpha value is -2.05. The van der Waals surface area contributed by atoms with Crippen LogP contribution in [0.15, 0.2) is 30.6 Å². The molecule has 6 nitrogen and oxygen atoms in total. The fourth-order valence-corrected chi connectivity index (χ4v) is 2.02. The van der Waals surface area contributed by atoms with Crippen molar-refractivity contribution in [2.24, 2.45) is 12.9 Å². The van der Waals surface area contributed by atoms with Crippen LogP contribution in [-0.2, 0) is 7.05 Å². The summed E-state index contributed by atoms with van der Waals surface area (Å²) < 4.78 is 12.5. The fourth-order valence-electron chi connectivity index (χ4n) is 2.02. The Bertz CT molecular complexity index is 553. The Morgan fingerprint density at radius 3 is 2.63 bits per heavy atom. The molecule has 19 heavy (non-hydrogen) atoms. The van der Waals surface area contributed by atoms with Crippen LogP contribution in [0, 0.1) is 0 Å². The summed E-state index contributed by atoms with van der Waals surface area (Å²) in [4.78, 5) is 4.31. The number of hydrogen-bond acceptors (Lipinski definition) is 5. The maximum absolute atomic E-state index is 5.67. The summed E-state index contributed by atoms with van der Waals surface area (Å²) in [5.74, 6) is 7.91. The maximum Gasteiger partial charge on any atom is 0.131 e. The summed E-state index contributed by atoms with van der Waals surface area (Å²) in [7, 11) is 5.15. The molecule has 1 unspecified atom stereocenters. The summed E-state index contributed by atoms with van der Waals surface area (Å²) in [6.45, 7) is 0. The quantitative estimate of drug-likeness (QED) is 0.621. The number of hydrazine groups is 1. The second-order valence-corrected chi connectivity index (χ2v) is 4.10. The molecule has 0 amide bonds. The maximum atomic E-state index is 5.67. The molecule has 3 N–H and O–H groups in total. The predicted molar refractivity (Wildman–Crippen MR) is 71.9 cm³/mol. The van der Waals surface area contributed by atoms with Crippen LogP contribution in [0.25, 0.3) is 0 Å². The van der Waals surface area contributed by atoms with E-state index in [-0.39, 0.29) is 6.04 Å². The summed E-state index contributed by atoms with van der Waals surface area (Å²) in [6.07, 6.45) is 3.60. The van der Waals surface area contributed by atoms with Gasteiger partial charge in [-0.3, -0.25) is 5.84 Å². The molecule has 0 bridgehead atoms. The van der Waals surface area contributed by atoms with E-state index in [1.165, 1.54) is 0 Å². The average Bonchev–Trinajstić information content (AvgIpc) is 2.86. The third kappa shape index (κ3) is 2.54. The molecule has 2 rings (SSSR count). The number of methoxy groups -OCH3 is 2. The molecule has 0 aliphatic heterocycles. The van der Waals surface area contributed by atoms with Crippen molar-refractivity contribution in [3.63, 3.8) is 0 Å². The number of nitrogens with zero attached hydrogens (tertiary/aromatic N) is 2. The smallest absolute Gasteiger partial charge is 0.131 e. The number of nitrogens with one attached hydrogen (secondary N) is 1. The highest BCUT2D eigenvalue weighted by Gasteiger charge is 2.20. The number of hydrogen-bond donors (Lipinski definition) is 2. The standard InChI is InChI=1S/C13H18N4O2/c1-17-7-6-15-13(17)12(16-14)10-5-4-9(18-2)8-11(10)19-3/h4-8,12,16H,14H2,1-3H3. The van der Waals surface area contributed by atoms with Gasteiger partial charge in [0.05, 0.1) is 14.2 Å². The Labute approximate surface area is 112 Å². The Morgan fingerprint density at radius 2 is 2.11 bits per heavy atom. The van der Waals surface area contributed by atoms with E-state index in [0.29, 0.717) is 5.75 Å². The highest BCUT2D eigenvalue weighted by molar-refractivity contribution is 5.44. The van der Waals surface area contributed by atoms with E-state index in [1.807, 2.05) is 36.0 Å². The highest BCUT2D eigenvalue weighted by Crippen LogP contribution is 2.31. The van der Waals surface area contributed by atoms with Crippen molar-refractivity contribution in [1.29, 1.82) is 0 Å². The van der Waals surface area contributed by atoms with E-state index in [9.17, 15) is 0 Å². The van der Waals surface area contributed by atoms with Gasteiger partial charge in [-0.2, -0.15) is 0 Å². The van der Waals surface area contributed by atoms with Crippen molar-refractivity contribution in [2.75, 3.05) is 14.2 Å². The lowest BCUT2D eigenvalue weighted by atomic mass is 10.1. The van der Waals surface area contributed by atoms with Crippen molar-refractivity contribution in [1.82, 2.24) is 15.0 Å². The van der Waals surface area contributed by atoms with E-state index in [2.05, 4.69) is 10.4 Å². The first kappa shape index (κ1) is 13.4. The minimum Gasteiger partial charge on any atom is -0.497 e. The fraction of sp³-hybridized carbons (Fsp3) is 0.308. The van der Waals surface area contributed by atoms with E-state index in [0.717, 1.165) is 17.1 Å². The van der Waals surface area contributed by atoms with Crippen LogP contribution in [0.2, 0.25) is 0 Å². The van der Waals surface area contributed by atoms with Gasteiger partial charge < -0.3 is 14.0 Å². The molecule has 102 valence electrons. The highest BCUT2D eigenvalue weighted by atomic mass is 16.5. The zero-order valence-electron chi connectivity index (χ0n) is 11.3. The molecule has 1 heterocycles. The van der Waals surface area contributed by atoms with Crippen LogP contribution in [0.1, 0.15) is 17.4 Å². The van der Waals surface area contributed by atoms with Crippen molar-refractivity contribution >= 4 is 0 Å². The van der Waals surface area contributed by atoms with Crippen molar-refractivity contribution < 1.29 is 9.47 Å². The Kier molecular flexibility index (Phi) is 4.03. The molecule has 2 aromatic rings. The zero-order chi connectivity index (χ0) is 13.8. The topological polar surface area (TPSA) is 74.3 Å². The monoisotopic (exact) mass is 262 g/mol. The van der Waals surface area contributed by atoms with E-state index in [4.69, 9.17) is 15.3 Å². The van der Waals surface area contributed by atoms with Gasteiger partial charge in [0.2, 0.25) is 0 Å². The van der Waals surface area contributed by atoms with Crippen LogP contribution >= 0.6 is 0 Å². The van der Waals surface area contributed by atoms with Gasteiger partial charge in [0, 0.05) is 31.1 Å². The van der Waals surface area contributed by atoms with E-state index in [1.54, 1.807) is 20.4 Å². The molecule has 0 radical (unpaired) electrons.